The number of likely N-dealkylation sites (tertiary alicyclic amines) is 1. The number of hydrogen-bond donors (Lipinski definition) is 1. The summed E-state index contributed by atoms with van der Waals surface area (Å²) in [7, 11) is 0. The van der Waals surface area contributed by atoms with Gasteiger partial charge in [-0.2, -0.15) is 0 Å². The Labute approximate surface area is 113 Å². The van der Waals surface area contributed by atoms with Gasteiger partial charge < -0.3 is 19.3 Å². The monoisotopic (exact) mass is 267 g/mol. The van der Waals surface area contributed by atoms with Crippen LogP contribution in [0.3, 0.4) is 0 Å². The molecular formula is C13H21N3O3. The van der Waals surface area contributed by atoms with Crippen LogP contribution in [0.1, 0.15) is 18.7 Å². The van der Waals surface area contributed by atoms with E-state index in [2.05, 4.69) is 14.5 Å². The molecule has 6 nitrogen and oxygen atoms in total. The van der Waals surface area contributed by atoms with Crippen LogP contribution in [0.5, 0.6) is 0 Å². The third kappa shape index (κ3) is 4.33. The van der Waals surface area contributed by atoms with Gasteiger partial charge in [0.2, 0.25) is 0 Å². The molecule has 2 rings (SSSR count). The fourth-order valence-electron chi connectivity index (χ4n) is 2.38. The second kappa shape index (κ2) is 6.68. The number of rotatable bonds is 6. The van der Waals surface area contributed by atoms with Crippen LogP contribution in [0.15, 0.2) is 12.4 Å². The minimum atomic E-state index is -0.891. The highest BCUT2D eigenvalue weighted by molar-refractivity contribution is 5.68. The fraction of sp³-hybridized carbons (Fsp3) is 0.692. The molecule has 6 heteroatoms. The summed E-state index contributed by atoms with van der Waals surface area (Å²) < 4.78 is 7.47. The van der Waals surface area contributed by atoms with E-state index in [1.165, 1.54) is 0 Å². The van der Waals surface area contributed by atoms with E-state index < -0.39 is 5.97 Å². The molecule has 19 heavy (non-hydrogen) atoms. The SMILES string of the molecule is Cc1nccn1CCN1CCC(OCC(=O)O)CC1. The topological polar surface area (TPSA) is 67.6 Å². The van der Waals surface area contributed by atoms with Crippen molar-refractivity contribution >= 4 is 5.97 Å². The van der Waals surface area contributed by atoms with Crippen molar-refractivity contribution in [2.24, 2.45) is 0 Å². The Balaban J connectivity index is 1.66. The predicted octanol–water partition coefficient (Wildman–Crippen LogP) is 0.757. The second-order valence-corrected chi connectivity index (χ2v) is 4.91. The van der Waals surface area contributed by atoms with E-state index in [1.807, 2.05) is 19.3 Å². The zero-order valence-corrected chi connectivity index (χ0v) is 11.3. The average Bonchev–Trinajstić information content (AvgIpc) is 2.81. The zero-order valence-electron chi connectivity index (χ0n) is 11.3. The van der Waals surface area contributed by atoms with E-state index in [1.54, 1.807) is 0 Å². The Bertz CT molecular complexity index is 411. The third-order valence-corrected chi connectivity index (χ3v) is 3.56. The van der Waals surface area contributed by atoms with Crippen molar-refractivity contribution in [1.29, 1.82) is 0 Å². The second-order valence-electron chi connectivity index (χ2n) is 4.91. The number of aryl methyl sites for hydroxylation is 1. The van der Waals surface area contributed by atoms with Crippen molar-refractivity contribution < 1.29 is 14.6 Å². The number of ether oxygens (including phenoxy) is 1. The molecular weight excluding hydrogens is 246 g/mol. The van der Waals surface area contributed by atoms with E-state index >= 15 is 0 Å². The molecule has 0 aromatic carbocycles. The van der Waals surface area contributed by atoms with E-state index in [0.717, 1.165) is 44.8 Å². The minimum Gasteiger partial charge on any atom is -0.480 e. The van der Waals surface area contributed by atoms with Crippen molar-refractivity contribution in [3.63, 3.8) is 0 Å². The number of hydrogen-bond acceptors (Lipinski definition) is 4. The van der Waals surface area contributed by atoms with Crippen LogP contribution < -0.4 is 0 Å². The molecule has 1 N–H and O–H groups in total. The van der Waals surface area contributed by atoms with Gasteiger partial charge in [0.25, 0.3) is 0 Å². The number of imidazole rings is 1. The summed E-state index contributed by atoms with van der Waals surface area (Å²) in [4.78, 5) is 17.0. The van der Waals surface area contributed by atoms with Crippen molar-refractivity contribution in [3.8, 4) is 0 Å². The first-order chi connectivity index (χ1) is 9.15. The lowest BCUT2D eigenvalue weighted by Crippen LogP contribution is -2.39. The highest BCUT2D eigenvalue weighted by atomic mass is 16.5. The highest BCUT2D eigenvalue weighted by Gasteiger charge is 2.20. The van der Waals surface area contributed by atoms with Gasteiger partial charge in [0.15, 0.2) is 0 Å². The van der Waals surface area contributed by atoms with E-state index in [9.17, 15) is 4.79 Å². The summed E-state index contributed by atoms with van der Waals surface area (Å²) in [6.07, 6.45) is 5.74. The van der Waals surface area contributed by atoms with Gasteiger partial charge >= 0.3 is 5.97 Å². The highest BCUT2D eigenvalue weighted by Crippen LogP contribution is 2.13. The first-order valence-corrected chi connectivity index (χ1v) is 6.68. The first-order valence-electron chi connectivity index (χ1n) is 6.68. The Hall–Kier alpha value is -1.40. The molecule has 106 valence electrons. The lowest BCUT2D eigenvalue weighted by Gasteiger charge is -2.31. The molecule has 1 aliphatic rings. The van der Waals surface area contributed by atoms with Gasteiger partial charge in [-0.05, 0) is 19.8 Å². The average molecular weight is 267 g/mol. The molecule has 0 atom stereocenters. The molecule has 1 fully saturated rings. The van der Waals surface area contributed by atoms with Gasteiger partial charge in [-0.15, -0.1) is 0 Å². The smallest absolute Gasteiger partial charge is 0.329 e. The number of piperidine rings is 1. The molecule has 0 bridgehead atoms. The molecule has 0 spiro atoms. The molecule has 0 saturated carbocycles. The molecule has 0 unspecified atom stereocenters. The zero-order chi connectivity index (χ0) is 13.7. The number of nitrogens with zero attached hydrogens (tertiary/aromatic N) is 3. The molecule has 1 aromatic rings. The normalized spacial score (nSPS) is 17.7. The van der Waals surface area contributed by atoms with Crippen molar-refractivity contribution in [2.75, 3.05) is 26.2 Å². The van der Waals surface area contributed by atoms with Gasteiger partial charge in [0.05, 0.1) is 6.10 Å². The maximum Gasteiger partial charge on any atom is 0.329 e. The molecule has 0 radical (unpaired) electrons. The minimum absolute atomic E-state index is 0.0994. The van der Waals surface area contributed by atoms with Crippen LogP contribution in [0.4, 0.5) is 0 Å². The summed E-state index contributed by atoms with van der Waals surface area (Å²) in [6, 6.07) is 0. The van der Waals surface area contributed by atoms with Crippen LogP contribution in [0, 0.1) is 6.92 Å². The Morgan fingerprint density at radius 3 is 2.79 bits per heavy atom. The van der Waals surface area contributed by atoms with Crippen LogP contribution >= 0.6 is 0 Å². The quantitative estimate of drug-likeness (QED) is 0.824. The molecule has 0 amide bonds. The molecule has 2 heterocycles. The number of carboxylic acid groups (broad SMARTS) is 1. The fourth-order valence-corrected chi connectivity index (χ4v) is 2.38. The largest absolute Gasteiger partial charge is 0.480 e. The van der Waals surface area contributed by atoms with E-state index in [4.69, 9.17) is 9.84 Å². The number of aliphatic carboxylic acids is 1. The maximum atomic E-state index is 10.4. The van der Waals surface area contributed by atoms with Crippen molar-refractivity contribution in [2.45, 2.75) is 32.4 Å². The summed E-state index contributed by atoms with van der Waals surface area (Å²) in [6.45, 7) is 5.72. The molecule has 1 saturated heterocycles. The predicted molar refractivity (Wildman–Crippen MR) is 70.0 cm³/mol. The summed E-state index contributed by atoms with van der Waals surface area (Å²) in [5.41, 5.74) is 0. The third-order valence-electron chi connectivity index (χ3n) is 3.56. The van der Waals surface area contributed by atoms with Crippen LogP contribution in [-0.2, 0) is 16.1 Å². The summed E-state index contributed by atoms with van der Waals surface area (Å²) in [5.74, 6) is 0.151. The van der Waals surface area contributed by atoms with E-state index in [0.29, 0.717) is 0 Å². The van der Waals surface area contributed by atoms with Crippen LogP contribution in [0.2, 0.25) is 0 Å². The van der Waals surface area contributed by atoms with Gasteiger partial charge in [0, 0.05) is 38.6 Å². The van der Waals surface area contributed by atoms with Gasteiger partial charge in [-0.1, -0.05) is 0 Å². The Morgan fingerprint density at radius 1 is 1.47 bits per heavy atom. The van der Waals surface area contributed by atoms with Crippen LogP contribution in [-0.4, -0.2) is 57.9 Å². The number of carboxylic acids is 1. The molecule has 1 aliphatic heterocycles. The van der Waals surface area contributed by atoms with E-state index in [-0.39, 0.29) is 12.7 Å². The summed E-state index contributed by atoms with van der Waals surface area (Å²) >= 11 is 0. The maximum absolute atomic E-state index is 10.4. The van der Waals surface area contributed by atoms with Crippen LogP contribution in [0.25, 0.3) is 0 Å². The molecule has 1 aromatic heterocycles. The van der Waals surface area contributed by atoms with Gasteiger partial charge in [-0.3, -0.25) is 0 Å². The van der Waals surface area contributed by atoms with Gasteiger partial charge in [0.1, 0.15) is 12.4 Å². The first kappa shape index (κ1) is 14.0. The standard InChI is InChI=1S/C13H21N3O3/c1-11-14-4-7-16(11)9-8-15-5-2-12(3-6-15)19-10-13(17)18/h4,7,12H,2-3,5-6,8-10H2,1H3,(H,17,18). The molecule has 0 aliphatic carbocycles. The number of aromatic nitrogens is 2. The Morgan fingerprint density at radius 2 is 2.21 bits per heavy atom. The lowest BCUT2D eigenvalue weighted by molar-refractivity contribution is -0.145. The van der Waals surface area contributed by atoms with Crippen molar-refractivity contribution in [1.82, 2.24) is 14.5 Å². The summed E-state index contributed by atoms with van der Waals surface area (Å²) in [5, 5.41) is 8.57. The van der Waals surface area contributed by atoms with Crippen molar-refractivity contribution in [3.05, 3.63) is 18.2 Å². The lowest BCUT2D eigenvalue weighted by atomic mass is 10.1. The number of carbonyl (C=O) groups is 1. The van der Waals surface area contributed by atoms with Gasteiger partial charge in [-0.25, -0.2) is 9.78 Å². The Kier molecular flexibility index (Phi) is 4.93.